The van der Waals surface area contributed by atoms with Crippen molar-refractivity contribution in [1.29, 1.82) is 0 Å². The van der Waals surface area contributed by atoms with Crippen molar-refractivity contribution < 1.29 is 9.18 Å². The first-order valence-corrected chi connectivity index (χ1v) is 10.4. The van der Waals surface area contributed by atoms with Crippen molar-refractivity contribution in [2.45, 2.75) is 25.2 Å². The molecule has 0 spiro atoms. The molecule has 1 saturated carbocycles. The molecule has 3 heterocycles. The van der Waals surface area contributed by atoms with Gasteiger partial charge in [0.2, 0.25) is 0 Å². The Labute approximate surface area is 169 Å². The molecular formula is C23H25FN4O. The Balaban J connectivity index is 1.24. The maximum absolute atomic E-state index is 13.8. The van der Waals surface area contributed by atoms with Crippen LogP contribution >= 0.6 is 0 Å². The van der Waals surface area contributed by atoms with E-state index in [1.54, 1.807) is 6.07 Å². The van der Waals surface area contributed by atoms with Gasteiger partial charge in [0, 0.05) is 44.8 Å². The zero-order valence-electron chi connectivity index (χ0n) is 16.4. The van der Waals surface area contributed by atoms with Crippen molar-refractivity contribution in [2.24, 2.45) is 0 Å². The van der Waals surface area contributed by atoms with Gasteiger partial charge >= 0.3 is 0 Å². The van der Waals surface area contributed by atoms with Gasteiger partial charge in [0.15, 0.2) is 5.69 Å². The van der Waals surface area contributed by atoms with Crippen LogP contribution in [0.5, 0.6) is 0 Å². The number of pyridine rings is 1. The van der Waals surface area contributed by atoms with Crippen molar-refractivity contribution in [3.8, 4) is 0 Å². The van der Waals surface area contributed by atoms with E-state index in [2.05, 4.69) is 9.30 Å². The number of fused-ring (bicyclic) bond motifs is 1. The predicted octanol–water partition coefficient (Wildman–Crippen LogP) is 3.35. The van der Waals surface area contributed by atoms with E-state index in [1.165, 1.54) is 6.07 Å². The molecule has 1 saturated heterocycles. The standard InChI is InChI=1S/C23H25FN4O/c24-19-6-2-1-5-17(19)10-12-26-13-15-27(16-14-26)23(29)21-20-7-3-4-11-28(20)22(25-21)18-8-9-18/h1-7,11,18H,8-10,12-16H2. The third kappa shape index (κ3) is 3.65. The first-order chi connectivity index (χ1) is 14.2. The van der Waals surface area contributed by atoms with Crippen LogP contribution in [0.1, 0.15) is 40.6 Å². The minimum atomic E-state index is -0.139. The third-order valence-electron chi connectivity index (χ3n) is 6.04. The van der Waals surface area contributed by atoms with Crippen LogP contribution in [-0.4, -0.2) is 57.8 Å². The quantitative estimate of drug-likeness (QED) is 0.669. The second-order valence-electron chi connectivity index (χ2n) is 8.02. The number of aromatic nitrogens is 2. The average molecular weight is 392 g/mol. The Morgan fingerprint density at radius 3 is 2.55 bits per heavy atom. The number of piperazine rings is 1. The van der Waals surface area contributed by atoms with Crippen LogP contribution in [0.25, 0.3) is 5.52 Å². The van der Waals surface area contributed by atoms with Gasteiger partial charge in [0.05, 0.1) is 5.52 Å². The van der Waals surface area contributed by atoms with E-state index in [4.69, 9.17) is 4.98 Å². The van der Waals surface area contributed by atoms with Crippen molar-refractivity contribution in [3.63, 3.8) is 0 Å². The highest BCUT2D eigenvalue weighted by atomic mass is 19.1. The number of benzene rings is 1. The normalized spacial score (nSPS) is 17.8. The Bertz CT molecular complexity index is 1030. The lowest BCUT2D eigenvalue weighted by molar-refractivity contribution is 0.0635. The summed E-state index contributed by atoms with van der Waals surface area (Å²) in [6.45, 7) is 3.78. The fraction of sp³-hybridized carbons (Fsp3) is 0.391. The Kier molecular flexibility index (Phi) is 4.79. The lowest BCUT2D eigenvalue weighted by atomic mass is 10.1. The van der Waals surface area contributed by atoms with E-state index in [9.17, 15) is 9.18 Å². The molecule has 1 aliphatic carbocycles. The molecule has 0 radical (unpaired) electrons. The van der Waals surface area contributed by atoms with Crippen molar-refractivity contribution in [2.75, 3.05) is 32.7 Å². The van der Waals surface area contributed by atoms with Crippen LogP contribution in [0.3, 0.4) is 0 Å². The molecule has 1 amide bonds. The Morgan fingerprint density at radius 2 is 1.79 bits per heavy atom. The SMILES string of the molecule is O=C(c1nc(C2CC2)n2ccccc12)N1CCN(CCc2ccccc2F)CC1. The van der Waals surface area contributed by atoms with Gasteiger partial charge < -0.3 is 9.30 Å². The van der Waals surface area contributed by atoms with E-state index < -0.39 is 0 Å². The lowest BCUT2D eigenvalue weighted by Gasteiger charge is -2.34. The largest absolute Gasteiger partial charge is 0.335 e. The highest BCUT2D eigenvalue weighted by molar-refractivity contribution is 5.99. The topological polar surface area (TPSA) is 40.9 Å². The van der Waals surface area contributed by atoms with Gasteiger partial charge in [-0.2, -0.15) is 0 Å². The summed E-state index contributed by atoms with van der Waals surface area (Å²) in [4.78, 5) is 22.1. The molecule has 0 atom stereocenters. The number of rotatable bonds is 5. The van der Waals surface area contributed by atoms with Crippen LogP contribution in [0.2, 0.25) is 0 Å². The third-order valence-corrected chi connectivity index (χ3v) is 6.04. The number of nitrogens with zero attached hydrogens (tertiary/aromatic N) is 4. The monoisotopic (exact) mass is 392 g/mol. The second-order valence-corrected chi connectivity index (χ2v) is 8.02. The number of hydrogen-bond donors (Lipinski definition) is 0. The number of halogens is 1. The van der Waals surface area contributed by atoms with Crippen LogP contribution in [0.4, 0.5) is 4.39 Å². The molecule has 2 aliphatic rings. The van der Waals surface area contributed by atoms with E-state index in [0.717, 1.165) is 49.4 Å². The molecule has 1 aliphatic heterocycles. The molecular weight excluding hydrogens is 367 g/mol. The fourth-order valence-corrected chi connectivity index (χ4v) is 4.15. The first-order valence-electron chi connectivity index (χ1n) is 10.4. The molecule has 150 valence electrons. The van der Waals surface area contributed by atoms with Gasteiger partial charge in [-0.05, 0) is 43.0 Å². The Hall–Kier alpha value is -2.73. The zero-order chi connectivity index (χ0) is 19.8. The highest BCUT2D eigenvalue weighted by Gasteiger charge is 2.32. The van der Waals surface area contributed by atoms with Gasteiger partial charge in [0.25, 0.3) is 5.91 Å². The minimum absolute atomic E-state index is 0.0225. The summed E-state index contributed by atoms with van der Waals surface area (Å²) in [5, 5.41) is 0. The summed E-state index contributed by atoms with van der Waals surface area (Å²) in [7, 11) is 0. The maximum atomic E-state index is 13.8. The summed E-state index contributed by atoms with van der Waals surface area (Å²) in [5.41, 5.74) is 2.23. The maximum Gasteiger partial charge on any atom is 0.274 e. The Morgan fingerprint density at radius 1 is 1.03 bits per heavy atom. The first kappa shape index (κ1) is 18.3. The van der Waals surface area contributed by atoms with Crippen LogP contribution in [-0.2, 0) is 6.42 Å². The predicted molar refractivity (Wildman–Crippen MR) is 110 cm³/mol. The lowest BCUT2D eigenvalue weighted by Crippen LogP contribution is -2.49. The molecule has 5 rings (SSSR count). The van der Waals surface area contributed by atoms with Gasteiger partial charge in [-0.15, -0.1) is 0 Å². The van der Waals surface area contributed by atoms with Gasteiger partial charge in [-0.25, -0.2) is 9.37 Å². The van der Waals surface area contributed by atoms with Gasteiger partial charge in [-0.1, -0.05) is 24.3 Å². The van der Waals surface area contributed by atoms with Crippen molar-refractivity contribution >= 4 is 11.4 Å². The summed E-state index contributed by atoms with van der Waals surface area (Å²) in [6.07, 6.45) is 5.01. The average Bonchev–Trinajstić information content (AvgIpc) is 3.53. The zero-order valence-corrected chi connectivity index (χ0v) is 16.4. The molecule has 0 N–H and O–H groups in total. The summed E-state index contributed by atoms with van der Waals surface area (Å²) in [6, 6.07) is 12.9. The molecule has 5 nitrogen and oxygen atoms in total. The smallest absolute Gasteiger partial charge is 0.274 e. The number of imidazole rings is 1. The number of carbonyl (C=O) groups is 1. The fourth-order valence-electron chi connectivity index (χ4n) is 4.15. The van der Waals surface area contributed by atoms with Gasteiger partial charge in [0.1, 0.15) is 11.6 Å². The van der Waals surface area contributed by atoms with Crippen molar-refractivity contribution in [1.82, 2.24) is 19.2 Å². The van der Waals surface area contributed by atoms with Crippen LogP contribution in [0.15, 0.2) is 48.7 Å². The second kappa shape index (κ2) is 7.59. The summed E-state index contributed by atoms with van der Waals surface area (Å²) < 4.78 is 15.9. The van der Waals surface area contributed by atoms with Crippen LogP contribution < -0.4 is 0 Å². The van der Waals surface area contributed by atoms with E-state index in [0.29, 0.717) is 31.1 Å². The summed E-state index contributed by atoms with van der Waals surface area (Å²) in [5.74, 6) is 1.39. The molecule has 6 heteroatoms. The molecule has 1 aromatic carbocycles. The number of amides is 1. The molecule has 0 bridgehead atoms. The van der Waals surface area contributed by atoms with Crippen molar-refractivity contribution in [3.05, 3.63) is 71.6 Å². The molecule has 3 aromatic rings. The number of carbonyl (C=O) groups excluding carboxylic acids is 1. The number of hydrogen-bond acceptors (Lipinski definition) is 3. The minimum Gasteiger partial charge on any atom is -0.335 e. The van der Waals surface area contributed by atoms with E-state index in [1.807, 2.05) is 41.4 Å². The molecule has 29 heavy (non-hydrogen) atoms. The highest BCUT2D eigenvalue weighted by Crippen LogP contribution is 2.40. The van der Waals surface area contributed by atoms with E-state index >= 15 is 0 Å². The van der Waals surface area contributed by atoms with Crippen LogP contribution in [0, 0.1) is 5.82 Å². The van der Waals surface area contributed by atoms with E-state index in [-0.39, 0.29) is 11.7 Å². The van der Waals surface area contributed by atoms with Gasteiger partial charge in [-0.3, -0.25) is 9.69 Å². The molecule has 2 fully saturated rings. The molecule has 0 unspecified atom stereocenters. The summed E-state index contributed by atoms with van der Waals surface area (Å²) >= 11 is 0. The molecule has 2 aromatic heterocycles.